The highest BCUT2D eigenvalue weighted by molar-refractivity contribution is 7.99. The number of rotatable bonds is 4. The summed E-state index contributed by atoms with van der Waals surface area (Å²) >= 11 is 2.76. The Balaban J connectivity index is 1.68. The number of benzene rings is 2. The number of thiazole rings is 1. The van der Waals surface area contributed by atoms with Crippen molar-refractivity contribution >= 4 is 39.2 Å². The topological polar surface area (TPSA) is 34.4 Å². The maximum atomic E-state index is 13.3. The van der Waals surface area contributed by atoms with E-state index >= 15 is 0 Å². The van der Waals surface area contributed by atoms with Gasteiger partial charge in [-0.2, -0.15) is 4.99 Å². The number of hydrogen-bond acceptors (Lipinski definition) is 3. The van der Waals surface area contributed by atoms with Gasteiger partial charge in [0.05, 0.1) is 10.2 Å². The molecule has 0 radical (unpaired) electrons. The molecule has 2 aromatic carbocycles. The van der Waals surface area contributed by atoms with Gasteiger partial charge in [0.25, 0.3) is 0 Å². The van der Waals surface area contributed by atoms with Crippen LogP contribution in [-0.4, -0.2) is 16.2 Å². The average Bonchev–Trinajstić information content (AvgIpc) is 2.84. The first-order chi connectivity index (χ1) is 11.5. The van der Waals surface area contributed by atoms with Crippen molar-refractivity contribution < 1.29 is 13.6 Å². The minimum Gasteiger partial charge on any atom is -0.319 e. The van der Waals surface area contributed by atoms with Crippen molar-refractivity contribution in [3.05, 3.63) is 58.9 Å². The lowest BCUT2D eigenvalue weighted by Crippen LogP contribution is -2.13. The van der Waals surface area contributed by atoms with E-state index < -0.39 is 0 Å². The minimum absolute atomic E-state index is 0.229. The van der Waals surface area contributed by atoms with Gasteiger partial charge in [-0.3, -0.25) is 4.79 Å². The Morgan fingerprint density at radius 3 is 2.62 bits per heavy atom. The molecule has 7 heteroatoms. The van der Waals surface area contributed by atoms with Crippen molar-refractivity contribution in [1.82, 2.24) is 4.57 Å². The number of aryl methyl sites for hydroxylation is 1. The van der Waals surface area contributed by atoms with E-state index in [1.54, 1.807) is 29.8 Å². The second-order valence-corrected chi connectivity index (χ2v) is 7.29. The van der Waals surface area contributed by atoms with E-state index in [2.05, 4.69) is 4.99 Å². The number of fused-ring (bicyclic) bond motifs is 1. The molecular formula is C17H14F2N2OS2. The van der Waals surface area contributed by atoms with E-state index in [1.807, 2.05) is 0 Å². The summed E-state index contributed by atoms with van der Waals surface area (Å²) in [6, 6.07) is 10.7. The summed E-state index contributed by atoms with van der Waals surface area (Å²) in [5.74, 6) is -0.249. The third-order valence-corrected chi connectivity index (χ3v) is 5.50. The van der Waals surface area contributed by atoms with Crippen LogP contribution < -0.4 is 4.80 Å². The van der Waals surface area contributed by atoms with Crippen LogP contribution in [0.3, 0.4) is 0 Å². The van der Waals surface area contributed by atoms with Gasteiger partial charge in [-0.15, -0.1) is 11.8 Å². The number of nitrogens with zero attached hydrogens (tertiary/aromatic N) is 2. The molecule has 3 rings (SSSR count). The fraction of sp³-hybridized carbons (Fsp3) is 0.176. The molecule has 3 aromatic rings. The first-order valence-corrected chi connectivity index (χ1v) is 9.04. The zero-order valence-electron chi connectivity index (χ0n) is 12.8. The lowest BCUT2D eigenvalue weighted by molar-refractivity contribution is -0.117. The van der Waals surface area contributed by atoms with Crippen LogP contribution in [0.4, 0.5) is 8.78 Å². The Morgan fingerprint density at radius 2 is 1.88 bits per heavy atom. The molecule has 0 atom stereocenters. The summed E-state index contributed by atoms with van der Waals surface area (Å²) in [7, 11) is 1.80. The molecule has 0 aliphatic heterocycles. The maximum absolute atomic E-state index is 13.3. The monoisotopic (exact) mass is 364 g/mol. The van der Waals surface area contributed by atoms with Gasteiger partial charge in [0, 0.05) is 24.1 Å². The number of aromatic nitrogens is 1. The maximum Gasteiger partial charge on any atom is 0.249 e. The lowest BCUT2D eigenvalue weighted by Gasteiger charge is -1.99. The van der Waals surface area contributed by atoms with E-state index in [0.717, 1.165) is 15.1 Å². The van der Waals surface area contributed by atoms with Crippen LogP contribution in [0.2, 0.25) is 0 Å². The molecule has 0 saturated heterocycles. The summed E-state index contributed by atoms with van der Waals surface area (Å²) in [4.78, 5) is 17.6. The Kier molecular flexibility index (Phi) is 5.11. The van der Waals surface area contributed by atoms with Crippen LogP contribution in [0, 0.1) is 11.6 Å². The number of carbonyl (C=O) groups is 1. The Bertz CT molecular complexity index is 945. The van der Waals surface area contributed by atoms with Crippen molar-refractivity contribution in [3.63, 3.8) is 0 Å². The van der Waals surface area contributed by atoms with E-state index in [1.165, 1.54) is 47.4 Å². The van der Waals surface area contributed by atoms with Gasteiger partial charge in [0.2, 0.25) is 5.91 Å². The quantitative estimate of drug-likeness (QED) is 0.653. The number of amides is 1. The van der Waals surface area contributed by atoms with E-state index in [-0.39, 0.29) is 24.0 Å². The lowest BCUT2D eigenvalue weighted by atomic mass is 10.3. The number of halogens is 2. The van der Waals surface area contributed by atoms with Gasteiger partial charge in [-0.1, -0.05) is 11.3 Å². The molecule has 0 aliphatic rings. The highest BCUT2D eigenvalue weighted by Gasteiger charge is 2.06. The van der Waals surface area contributed by atoms with Crippen LogP contribution in [0.25, 0.3) is 10.2 Å². The van der Waals surface area contributed by atoms with Crippen molar-refractivity contribution in [2.45, 2.75) is 11.3 Å². The average molecular weight is 364 g/mol. The van der Waals surface area contributed by atoms with Gasteiger partial charge in [0.1, 0.15) is 11.6 Å². The van der Waals surface area contributed by atoms with Crippen LogP contribution >= 0.6 is 23.1 Å². The standard InChI is InChI=1S/C17H14F2N2OS2/c1-21-14-7-4-12(19)10-15(14)24-17(21)20-16(22)8-9-23-13-5-2-11(18)3-6-13/h2-7,10H,8-9H2,1H3. The highest BCUT2D eigenvalue weighted by Crippen LogP contribution is 2.19. The summed E-state index contributed by atoms with van der Waals surface area (Å²) in [6.07, 6.45) is 0.282. The summed E-state index contributed by atoms with van der Waals surface area (Å²) < 4.78 is 28.6. The largest absolute Gasteiger partial charge is 0.319 e. The predicted octanol–water partition coefficient (Wildman–Crippen LogP) is 4.13. The van der Waals surface area contributed by atoms with Crippen LogP contribution in [0.15, 0.2) is 52.4 Å². The first kappa shape index (κ1) is 16.9. The van der Waals surface area contributed by atoms with E-state index in [4.69, 9.17) is 0 Å². The van der Waals surface area contributed by atoms with Gasteiger partial charge in [0.15, 0.2) is 4.80 Å². The minimum atomic E-state index is -0.307. The van der Waals surface area contributed by atoms with Crippen molar-refractivity contribution in [2.24, 2.45) is 12.0 Å². The molecule has 0 unspecified atom stereocenters. The Labute approximate surface area is 145 Å². The summed E-state index contributed by atoms with van der Waals surface area (Å²) in [6.45, 7) is 0. The van der Waals surface area contributed by atoms with Crippen molar-refractivity contribution in [1.29, 1.82) is 0 Å². The Morgan fingerprint density at radius 1 is 1.17 bits per heavy atom. The molecular weight excluding hydrogens is 350 g/mol. The fourth-order valence-corrected chi connectivity index (χ4v) is 4.07. The van der Waals surface area contributed by atoms with Gasteiger partial charge in [-0.25, -0.2) is 8.78 Å². The molecule has 0 fully saturated rings. The van der Waals surface area contributed by atoms with E-state index in [9.17, 15) is 13.6 Å². The molecule has 24 heavy (non-hydrogen) atoms. The molecule has 1 aromatic heterocycles. The van der Waals surface area contributed by atoms with Gasteiger partial charge >= 0.3 is 0 Å². The molecule has 1 amide bonds. The number of hydrogen-bond donors (Lipinski definition) is 0. The van der Waals surface area contributed by atoms with Gasteiger partial charge in [-0.05, 0) is 42.5 Å². The SMILES string of the molecule is Cn1c(=NC(=O)CCSc2ccc(F)cc2)sc2cc(F)ccc21. The molecule has 124 valence electrons. The third kappa shape index (κ3) is 3.91. The van der Waals surface area contributed by atoms with Crippen molar-refractivity contribution in [3.8, 4) is 0 Å². The first-order valence-electron chi connectivity index (χ1n) is 7.24. The number of thioether (sulfide) groups is 1. The van der Waals surface area contributed by atoms with Crippen LogP contribution in [0.1, 0.15) is 6.42 Å². The normalized spacial score (nSPS) is 12.0. The van der Waals surface area contributed by atoms with E-state index in [0.29, 0.717) is 10.6 Å². The smallest absolute Gasteiger partial charge is 0.249 e. The second-order valence-electron chi connectivity index (χ2n) is 5.11. The molecule has 0 aliphatic carbocycles. The molecule has 3 nitrogen and oxygen atoms in total. The van der Waals surface area contributed by atoms with Gasteiger partial charge < -0.3 is 4.57 Å². The Hall–Kier alpha value is -1.99. The summed E-state index contributed by atoms with van der Waals surface area (Å²) in [5.41, 5.74) is 0.841. The van der Waals surface area contributed by atoms with Crippen LogP contribution in [-0.2, 0) is 11.8 Å². The zero-order valence-corrected chi connectivity index (χ0v) is 14.5. The zero-order chi connectivity index (χ0) is 17.1. The molecule has 0 spiro atoms. The summed E-state index contributed by atoms with van der Waals surface area (Å²) in [5, 5.41) is 0. The predicted molar refractivity (Wildman–Crippen MR) is 93.1 cm³/mol. The molecule has 0 N–H and O–H groups in total. The molecule has 1 heterocycles. The third-order valence-electron chi connectivity index (χ3n) is 3.39. The van der Waals surface area contributed by atoms with Crippen LogP contribution in [0.5, 0.6) is 0 Å². The fourth-order valence-electron chi connectivity index (χ4n) is 2.16. The van der Waals surface area contributed by atoms with Crippen molar-refractivity contribution in [2.75, 3.05) is 5.75 Å². The second kappa shape index (κ2) is 7.27. The molecule has 0 saturated carbocycles. The highest BCUT2D eigenvalue weighted by atomic mass is 32.2. The number of carbonyl (C=O) groups excluding carboxylic acids is 1. The molecule has 0 bridgehead atoms.